The molecule has 2 fully saturated rings. The highest BCUT2D eigenvalue weighted by Crippen LogP contribution is 2.39. The van der Waals surface area contributed by atoms with Crippen molar-refractivity contribution < 1.29 is 12.8 Å². The lowest BCUT2D eigenvalue weighted by molar-refractivity contribution is 0.140. The number of hydrogen-bond donors (Lipinski definition) is 1. The summed E-state index contributed by atoms with van der Waals surface area (Å²) in [7, 11) is -3.44. The Morgan fingerprint density at radius 1 is 0.967 bits per heavy atom. The van der Waals surface area contributed by atoms with E-state index in [9.17, 15) is 12.8 Å². The molecule has 3 atom stereocenters. The third-order valence-electron chi connectivity index (χ3n) is 6.43. The summed E-state index contributed by atoms with van der Waals surface area (Å²) in [5.74, 6) is 0.122. The SMILES string of the molecule is CC(C)c1ccc(C2C(C)C(N3CCN(c4ccc(F)cc4)CC3)NS2(=O)=O)cc1. The van der Waals surface area contributed by atoms with Gasteiger partial charge in [0.15, 0.2) is 0 Å². The molecule has 162 valence electrons. The second-order valence-electron chi connectivity index (χ2n) is 8.71. The van der Waals surface area contributed by atoms with Crippen LogP contribution < -0.4 is 9.62 Å². The molecule has 3 unspecified atom stereocenters. The number of sulfonamides is 1. The number of piperazine rings is 1. The number of rotatable bonds is 4. The maximum Gasteiger partial charge on any atom is 0.220 e. The maximum absolute atomic E-state index is 13.2. The molecular weight excluding hydrogens is 401 g/mol. The van der Waals surface area contributed by atoms with Crippen molar-refractivity contribution in [2.75, 3.05) is 31.1 Å². The third-order valence-corrected chi connectivity index (χ3v) is 8.37. The highest BCUT2D eigenvalue weighted by Gasteiger charge is 2.47. The summed E-state index contributed by atoms with van der Waals surface area (Å²) in [6.07, 6.45) is -0.208. The molecule has 0 amide bonds. The minimum absolute atomic E-state index is 0.0581. The van der Waals surface area contributed by atoms with Gasteiger partial charge in [-0.3, -0.25) is 4.90 Å². The van der Waals surface area contributed by atoms with Crippen LogP contribution in [0.25, 0.3) is 0 Å². The molecule has 1 N–H and O–H groups in total. The fraction of sp³-hybridized carbons (Fsp3) is 0.478. The van der Waals surface area contributed by atoms with Gasteiger partial charge in [-0.2, -0.15) is 4.72 Å². The van der Waals surface area contributed by atoms with Crippen LogP contribution >= 0.6 is 0 Å². The summed E-state index contributed by atoms with van der Waals surface area (Å²) in [4.78, 5) is 4.44. The van der Waals surface area contributed by atoms with Gasteiger partial charge in [-0.1, -0.05) is 45.0 Å². The van der Waals surface area contributed by atoms with Gasteiger partial charge in [-0.15, -0.1) is 0 Å². The van der Waals surface area contributed by atoms with Gasteiger partial charge < -0.3 is 4.90 Å². The van der Waals surface area contributed by atoms with E-state index >= 15 is 0 Å². The Bertz CT molecular complexity index is 969. The Kier molecular flexibility index (Phi) is 5.88. The number of halogens is 1. The monoisotopic (exact) mass is 431 g/mol. The Labute approximate surface area is 178 Å². The first kappa shape index (κ1) is 21.3. The van der Waals surface area contributed by atoms with Gasteiger partial charge in [0.2, 0.25) is 10.0 Å². The number of hydrogen-bond acceptors (Lipinski definition) is 4. The lowest BCUT2D eigenvalue weighted by Gasteiger charge is -2.40. The van der Waals surface area contributed by atoms with Crippen molar-refractivity contribution in [2.45, 2.75) is 38.1 Å². The molecule has 0 saturated carbocycles. The fourth-order valence-electron chi connectivity index (χ4n) is 4.67. The molecule has 0 spiro atoms. The van der Waals surface area contributed by atoms with E-state index in [1.165, 1.54) is 17.7 Å². The molecule has 2 aromatic carbocycles. The molecule has 0 bridgehead atoms. The molecule has 4 rings (SSSR count). The van der Waals surface area contributed by atoms with E-state index in [1.54, 1.807) is 12.1 Å². The van der Waals surface area contributed by atoms with Crippen molar-refractivity contribution in [3.05, 3.63) is 65.5 Å². The largest absolute Gasteiger partial charge is 0.369 e. The van der Waals surface area contributed by atoms with Crippen LogP contribution in [-0.2, 0) is 10.0 Å². The van der Waals surface area contributed by atoms with Gasteiger partial charge >= 0.3 is 0 Å². The van der Waals surface area contributed by atoms with Crippen LogP contribution in [-0.4, -0.2) is 45.7 Å². The number of nitrogens with one attached hydrogen (secondary N) is 1. The van der Waals surface area contributed by atoms with Crippen molar-refractivity contribution in [3.8, 4) is 0 Å². The predicted molar refractivity (Wildman–Crippen MR) is 118 cm³/mol. The average Bonchev–Trinajstić information content (AvgIpc) is 2.97. The Morgan fingerprint density at radius 3 is 2.13 bits per heavy atom. The molecule has 2 aliphatic heterocycles. The topological polar surface area (TPSA) is 52.6 Å². The molecule has 2 saturated heterocycles. The Morgan fingerprint density at radius 2 is 1.57 bits per heavy atom. The molecule has 0 aliphatic carbocycles. The Hall–Kier alpha value is -1.96. The van der Waals surface area contributed by atoms with Gasteiger partial charge in [0, 0.05) is 37.8 Å². The number of benzene rings is 2. The van der Waals surface area contributed by atoms with E-state index in [2.05, 4.69) is 28.4 Å². The number of nitrogens with zero attached hydrogens (tertiary/aromatic N) is 2. The lowest BCUT2D eigenvalue weighted by atomic mass is 9.94. The second-order valence-corrected chi connectivity index (χ2v) is 10.5. The molecule has 7 heteroatoms. The van der Waals surface area contributed by atoms with Crippen molar-refractivity contribution in [1.29, 1.82) is 0 Å². The van der Waals surface area contributed by atoms with E-state index in [1.807, 2.05) is 31.2 Å². The van der Waals surface area contributed by atoms with Gasteiger partial charge in [-0.25, -0.2) is 12.8 Å². The molecule has 0 radical (unpaired) electrons. The fourth-order valence-corrected chi connectivity index (χ4v) is 6.74. The smallest absolute Gasteiger partial charge is 0.220 e. The van der Waals surface area contributed by atoms with Crippen molar-refractivity contribution >= 4 is 15.7 Å². The van der Waals surface area contributed by atoms with Crippen LogP contribution in [0, 0.1) is 11.7 Å². The van der Waals surface area contributed by atoms with Crippen molar-refractivity contribution in [1.82, 2.24) is 9.62 Å². The summed E-state index contributed by atoms with van der Waals surface area (Å²) in [5, 5.41) is -0.543. The normalized spacial score (nSPS) is 27.0. The number of anilines is 1. The van der Waals surface area contributed by atoms with Gasteiger partial charge in [0.1, 0.15) is 11.1 Å². The zero-order valence-corrected chi connectivity index (χ0v) is 18.6. The van der Waals surface area contributed by atoms with Crippen molar-refractivity contribution in [3.63, 3.8) is 0 Å². The van der Waals surface area contributed by atoms with Gasteiger partial charge in [0.05, 0.1) is 6.17 Å². The molecule has 2 aliphatic rings. The third kappa shape index (κ3) is 4.11. The zero-order valence-electron chi connectivity index (χ0n) is 17.8. The maximum atomic E-state index is 13.2. The first-order valence-corrected chi connectivity index (χ1v) is 12.2. The summed E-state index contributed by atoms with van der Waals surface area (Å²) < 4.78 is 42.1. The molecule has 30 heavy (non-hydrogen) atoms. The predicted octanol–water partition coefficient (Wildman–Crippen LogP) is 3.71. The van der Waals surface area contributed by atoms with Crippen molar-refractivity contribution in [2.24, 2.45) is 5.92 Å². The molecular formula is C23H30FN3O2S. The first-order valence-electron chi connectivity index (χ1n) is 10.6. The van der Waals surface area contributed by atoms with E-state index in [4.69, 9.17) is 0 Å². The van der Waals surface area contributed by atoms with Crippen LogP contribution in [0.4, 0.5) is 10.1 Å². The van der Waals surface area contributed by atoms with E-state index in [0.29, 0.717) is 5.92 Å². The summed E-state index contributed by atoms with van der Waals surface area (Å²) in [5.41, 5.74) is 3.06. The van der Waals surface area contributed by atoms with E-state index in [-0.39, 0.29) is 17.9 Å². The van der Waals surface area contributed by atoms with E-state index < -0.39 is 15.3 Å². The highest BCUT2D eigenvalue weighted by molar-refractivity contribution is 7.90. The highest BCUT2D eigenvalue weighted by atomic mass is 32.2. The van der Waals surface area contributed by atoms with Gasteiger partial charge in [-0.05, 0) is 41.3 Å². The Balaban J connectivity index is 1.46. The first-order chi connectivity index (χ1) is 14.3. The molecule has 2 aromatic rings. The van der Waals surface area contributed by atoms with E-state index in [0.717, 1.165) is 37.4 Å². The minimum atomic E-state index is -3.44. The van der Waals surface area contributed by atoms with Crippen LogP contribution in [0.5, 0.6) is 0 Å². The van der Waals surface area contributed by atoms with Crippen LogP contribution in [0.2, 0.25) is 0 Å². The molecule has 0 aromatic heterocycles. The molecule has 5 nitrogen and oxygen atoms in total. The zero-order chi connectivity index (χ0) is 21.5. The minimum Gasteiger partial charge on any atom is -0.369 e. The van der Waals surface area contributed by atoms with Crippen LogP contribution in [0.15, 0.2) is 48.5 Å². The van der Waals surface area contributed by atoms with Crippen LogP contribution in [0.1, 0.15) is 43.1 Å². The van der Waals surface area contributed by atoms with Gasteiger partial charge in [0.25, 0.3) is 0 Å². The lowest BCUT2D eigenvalue weighted by Crippen LogP contribution is -2.55. The summed E-state index contributed by atoms with van der Waals surface area (Å²) in [6.45, 7) is 9.37. The summed E-state index contributed by atoms with van der Waals surface area (Å²) in [6, 6.07) is 14.5. The second kappa shape index (κ2) is 8.29. The standard InChI is InChI=1S/C23H30FN3O2S/c1-16(2)18-4-6-19(7-5-18)22-17(3)23(25-30(22,28)29)27-14-12-26(13-15-27)21-10-8-20(24)9-11-21/h4-11,16-17,22-23,25H,12-15H2,1-3H3. The average molecular weight is 432 g/mol. The molecule has 2 heterocycles. The van der Waals surface area contributed by atoms with Crippen LogP contribution in [0.3, 0.4) is 0 Å². The quantitative estimate of drug-likeness (QED) is 0.802. The summed E-state index contributed by atoms with van der Waals surface area (Å²) >= 11 is 0.